The summed E-state index contributed by atoms with van der Waals surface area (Å²) < 4.78 is 0. The van der Waals surface area contributed by atoms with Crippen LogP contribution in [0.1, 0.15) is 41.8 Å². The minimum atomic E-state index is -1.13. The van der Waals surface area contributed by atoms with Crippen LogP contribution in [0.3, 0.4) is 0 Å². The molecule has 11 nitrogen and oxygen atoms in total. The summed E-state index contributed by atoms with van der Waals surface area (Å²) in [5.74, 6) is -2.86. The zero-order valence-corrected chi connectivity index (χ0v) is 17.9. The van der Waals surface area contributed by atoms with Crippen LogP contribution in [0.15, 0.2) is 35.6 Å². The Morgan fingerprint density at radius 3 is 2.69 bits per heavy atom. The Kier molecular flexibility index (Phi) is 7.15. The number of amidine groups is 1. The SMILES string of the molecule is CC(=O)Nc1cnc([C@H](CNC(=O)CC2CC(c3ccc(C(=N)N)cc3)=NO2)C(=O)O)s1. The van der Waals surface area contributed by atoms with Crippen LogP contribution in [0.5, 0.6) is 0 Å². The number of carbonyl (C=O) groups excluding carboxylic acids is 2. The number of nitrogens with zero attached hydrogens (tertiary/aromatic N) is 2. The van der Waals surface area contributed by atoms with Gasteiger partial charge >= 0.3 is 5.97 Å². The fourth-order valence-electron chi connectivity index (χ4n) is 3.01. The van der Waals surface area contributed by atoms with Gasteiger partial charge in [0.2, 0.25) is 11.8 Å². The van der Waals surface area contributed by atoms with Gasteiger partial charge < -0.3 is 26.3 Å². The first-order valence-corrected chi connectivity index (χ1v) is 10.4. The van der Waals surface area contributed by atoms with Crippen molar-refractivity contribution in [2.75, 3.05) is 11.9 Å². The zero-order chi connectivity index (χ0) is 23.3. The Bertz CT molecular complexity index is 1060. The highest BCUT2D eigenvalue weighted by Gasteiger charge is 2.27. The van der Waals surface area contributed by atoms with Crippen LogP contribution in [0.4, 0.5) is 5.00 Å². The van der Waals surface area contributed by atoms with E-state index >= 15 is 0 Å². The molecule has 1 aromatic carbocycles. The van der Waals surface area contributed by atoms with E-state index in [1.54, 1.807) is 24.3 Å². The molecule has 0 aliphatic carbocycles. The largest absolute Gasteiger partial charge is 0.481 e. The van der Waals surface area contributed by atoms with Crippen molar-refractivity contribution in [3.05, 3.63) is 46.6 Å². The number of oxime groups is 1. The Morgan fingerprint density at radius 1 is 1.34 bits per heavy atom. The number of thiazole rings is 1. The molecule has 1 unspecified atom stereocenters. The van der Waals surface area contributed by atoms with Crippen LogP contribution in [-0.2, 0) is 19.2 Å². The van der Waals surface area contributed by atoms with Gasteiger partial charge in [0.25, 0.3) is 0 Å². The van der Waals surface area contributed by atoms with Crippen molar-refractivity contribution in [3.63, 3.8) is 0 Å². The van der Waals surface area contributed by atoms with Crippen molar-refractivity contribution in [1.82, 2.24) is 10.3 Å². The van der Waals surface area contributed by atoms with Gasteiger partial charge in [0, 0.05) is 25.5 Å². The molecule has 2 heterocycles. The number of anilines is 1. The van der Waals surface area contributed by atoms with E-state index in [1.165, 1.54) is 13.1 Å². The Labute approximate surface area is 187 Å². The molecular weight excluding hydrogens is 436 g/mol. The van der Waals surface area contributed by atoms with Crippen molar-refractivity contribution in [2.45, 2.75) is 31.8 Å². The summed E-state index contributed by atoms with van der Waals surface area (Å²) >= 11 is 1.04. The molecule has 32 heavy (non-hydrogen) atoms. The maximum Gasteiger partial charge on any atom is 0.315 e. The summed E-state index contributed by atoms with van der Waals surface area (Å²) in [4.78, 5) is 44.4. The number of nitrogens with two attached hydrogens (primary N) is 1. The minimum Gasteiger partial charge on any atom is -0.481 e. The third kappa shape index (κ3) is 5.88. The van der Waals surface area contributed by atoms with Crippen LogP contribution in [0, 0.1) is 5.41 Å². The molecule has 0 saturated carbocycles. The van der Waals surface area contributed by atoms with Gasteiger partial charge in [-0.25, -0.2) is 4.98 Å². The highest BCUT2D eigenvalue weighted by molar-refractivity contribution is 7.16. The van der Waals surface area contributed by atoms with Crippen molar-refractivity contribution >= 4 is 45.7 Å². The molecule has 1 aliphatic rings. The Balaban J connectivity index is 1.51. The smallest absolute Gasteiger partial charge is 0.315 e. The summed E-state index contributed by atoms with van der Waals surface area (Å²) in [5, 5.41) is 26.8. The fraction of sp³-hybridized carbons (Fsp3) is 0.300. The van der Waals surface area contributed by atoms with Crippen LogP contribution < -0.4 is 16.4 Å². The van der Waals surface area contributed by atoms with E-state index in [0.717, 1.165) is 16.9 Å². The monoisotopic (exact) mass is 458 g/mol. The Morgan fingerprint density at radius 2 is 2.06 bits per heavy atom. The third-order valence-electron chi connectivity index (χ3n) is 4.60. The van der Waals surface area contributed by atoms with Gasteiger partial charge in [-0.15, -0.1) is 11.3 Å². The lowest BCUT2D eigenvalue weighted by atomic mass is 10.0. The lowest BCUT2D eigenvalue weighted by molar-refractivity contribution is -0.138. The number of hydrogen-bond donors (Lipinski definition) is 5. The lowest BCUT2D eigenvalue weighted by Crippen LogP contribution is -2.33. The summed E-state index contributed by atoms with van der Waals surface area (Å²) in [6.45, 7) is 1.20. The number of nitrogens with one attached hydrogen (secondary N) is 3. The second kappa shape index (κ2) is 10.0. The summed E-state index contributed by atoms with van der Waals surface area (Å²) in [6, 6.07) is 6.98. The number of benzene rings is 1. The first-order valence-electron chi connectivity index (χ1n) is 9.63. The molecule has 3 rings (SSSR count). The number of carboxylic acids is 1. The summed E-state index contributed by atoms with van der Waals surface area (Å²) in [5.41, 5.74) is 7.53. The van der Waals surface area contributed by atoms with Crippen LogP contribution >= 0.6 is 11.3 Å². The fourth-order valence-corrected chi connectivity index (χ4v) is 3.96. The highest BCUT2D eigenvalue weighted by Crippen LogP contribution is 2.26. The van der Waals surface area contributed by atoms with Crippen molar-refractivity contribution in [1.29, 1.82) is 5.41 Å². The van der Waals surface area contributed by atoms with Crippen LogP contribution in [-0.4, -0.2) is 52.1 Å². The van der Waals surface area contributed by atoms with E-state index < -0.39 is 18.0 Å². The molecule has 12 heteroatoms. The average Bonchev–Trinajstić information content (AvgIpc) is 3.37. The number of amides is 2. The van der Waals surface area contributed by atoms with E-state index in [4.69, 9.17) is 16.0 Å². The first-order chi connectivity index (χ1) is 15.2. The third-order valence-corrected chi connectivity index (χ3v) is 5.62. The van der Waals surface area contributed by atoms with E-state index in [-0.39, 0.29) is 35.6 Å². The molecule has 6 N–H and O–H groups in total. The summed E-state index contributed by atoms with van der Waals surface area (Å²) in [6.07, 6.45) is 1.35. The molecule has 1 aromatic heterocycles. The van der Waals surface area contributed by atoms with Crippen molar-refractivity contribution < 1.29 is 24.3 Å². The topological polar surface area (TPSA) is 180 Å². The second-order valence-electron chi connectivity index (χ2n) is 7.10. The maximum atomic E-state index is 12.3. The minimum absolute atomic E-state index is 0.0138. The molecule has 0 saturated heterocycles. The molecule has 0 bridgehead atoms. The van der Waals surface area contributed by atoms with Gasteiger partial charge in [-0.3, -0.25) is 19.8 Å². The first kappa shape index (κ1) is 22.9. The molecule has 168 valence electrons. The lowest BCUT2D eigenvalue weighted by Gasteiger charge is -2.12. The number of aliphatic carboxylic acids is 1. The van der Waals surface area contributed by atoms with E-state index in [1.807, 2.05) is 0 Å². The molecule has 0 spiro atoms. The quantitative estimate of drug-likeness (QED) is 0.277. The zero-order valence-electron chi connectivity index (χ0n) is 17.1. The average molecular weight is 459 g/mol. The number of hydrogen-bond acceptors (Lipinski definition) is 8. The number of aromatic nitrogens is 1. The van der Waals surface area contributed by atoms with Crippen molar-refractivity contribution in [3.8, 4) is 0 Å². The predicted octanol–water partition coefficient (Wildman–Crippen LogP) is 1.25. The summed E-state index contributed by atoms with van der Waals surface area (Å²) in [7, 11) is 0. The maximum absolute atomic E-state index is 12.3. The molecule has 0 radical (unpaired) electrons. The number of rotatable bonds is 9. The van der Waals surface area contributed by atoms with Crippen LogP contribution in [0.2, 0.25) is 0 Å². The standard InChI is InChI=1S/C20H22N6O5S/c1-10(27)25-17-9-24-19(32-17)14(20(29)30)8-23-16(28)7-13-6-15(26-31-13)11-2-4-12(5-3-11)18(21)22/h2-5,9,13-14H,6-8H2,1H3,(H3,21,22)(H,23,28)(H,25,27)(H,29,30)/t13?,14-/m0/s1. The molecule has 2 atom stereocenters. The highest BCUT2D eigenvalue weighted by atomic mass is 32.1. The number of carboxylic acid groups (broad SMARTS) is 1. The number of carbonyl (C=O) groups is 3. The number of nitrogen functional groups attached to an aromatic ring is 1. The predicted molar refractivity (Wildman–Crippen MR) is 118 cm³/mol. The normalized spacial score (nSPS) is 15.9. The van der Waals surface area contributed by atoms with Crippen molar-refractivity contribution in [2.24, 2.45) is 10.9 Å². The van der Waals surface area contributed by atoms with E-state index in [0.29, 0.717) is 22.7 Å². The van der Waals surface area contributed by atoms with Crippen LogP contribution in [0.25, 0.3) is 0 Å². The van der Waals surface area contributed by atoms with Gasteiger partial charge in [0.1, 0.15) is 27.9 Å². The molecule has 2 amide bonds. The molecular formula is C20H22N6O5S. The molecule has 0 fully saturated rings. The van der Waals surface area contributed by atoms with Gasteiger partial charge in [0.05, 0.1) is 18.3 Å². The van der Waals surface area contributed by atoms with E-state index in [2.05, 4.69) is 20.8 Å². The van der Waals surface area contributed by atoms with Gasteiger partial charge in [-0.05, 0) is 5.56 Å². The molecule has 1 aliphatic heterocycles. The Hall–Kier alpha value is -3.80. The van der Waals surface area contributed by atoms with Gasteiger partial charge in [-0.1, -0.05) is 29.4 Å². The molecule has 2 aromatic rings. The van der Waals surface area contributed by atoms with E-state index in [9.17, 15) is 19.5 Å². The van der Waals surface area contributed by atoms with Gasteiger partial charge in [-0.2, -0.15) is 0 Å². The van der Waals surface area contributed by atoms with Gasteiger partial charge in [0.15, 0.2) is 0 Å². The second-order valence-corrected chi connectivity index (χ2v) is 8.17.